The molecule has 0 aliphatic carbocycles. The van der Waals surface area contributed by atoms with Gasteiger partial charge in [-0.2, -0.15) is 4.72 Å². The van der Waals surface area contributed by atoms with Crippen LogP contribution in [-0.4, -0.2) is 32.0 Å². The van der Waals surface area contributed by atoms with Gasteiger partial charge >= 0.3 is 5.97 Å². The Kier molecular flexibility index (Phi) is 6.42. The van der Waals surface area contributed by atoms with Crippen LogP contribution in [0.2, 0.25) is 0 Å². The zero-order valence-electron chi connectivity index (χ0n) is 14.0. The quantitative estimate of drug-likeness (QED) is 0.427. The van der Waals surface area contributed by atoms with Gasteiger partial charge < -0.3 is 4.74 Å². The van der Waals surface area contributed by atoms with Gasteiger partial charge in [0.2, 0.25) is 10.0 Å². The van der Waals surface area contributed by atoms with E-state index in [0.717, 1.165) is 17.7 Å². The molecule has 0 saturated carbocycles. The van der Waals surface area contributed by atoms with Gasteiger partial charge in [-0.3, -0.25) is 14.9 Å². The van der Waals surface area contributed by atoms with Gasteiger partial charge in [0.25, 0.3) is 5.69 Å². The molecule has 2 aromatic carbocycles. The first kappa shape index (κ1) is 19.5. The first-order valence-corrected chi connectivity index (χ1v) is 9.29. The second-order valence-corrected chi connectivity index (χ2v) is 7.02. The topological polar surface area (TPSA) is 116 Å². The number of hydrogen-bond acceptors (Lipinski definition) is 6. The van der Waals surface area contributed by atoms with Gasteiger partial charge in [-0.25, -0.2) is 8.42 Å². The van der Waals surface area contributed by atoms with Crippen molar-refractivity contribution in [2.45, 2.75) is 24.3 Å². The third kappa shape index (κ3) is 4.87. The number of nitro groups is 1. The Labute approximate surface area is 151 Å². The standard InChI is InChI=1S/C17H18N2O6S/c1-2-25-17(20)14(12-13-8-4-3-5-9-13)18-26(23,24)16-11-7-6-10-15(16)19(21)22/h3-11,14,18H,2,12H2,1H3. The minimum Gasteiger partial charge on any atom is -0.465 e. The predicted octanol–water partition coefficient (Wildman–Crippen LogP) is 2.05. The first-order chi connectivity index (χ1) is 12.3. The number of rotatable bonds is 8. The Morgan fingerprint density at radius 2 is 1.77 bits per heavy atom. The maximum Gasteiger partial charge on any atom is 0.324 e. The summed E-state index contributed by atoms with van der Waals surface area (Å²) in [7, 11) is -4.31. The van der Waals surface area contributed by atoms with Crippen molar-refractivity contribution >= 4 is 21.7 Å². The van der Waals surface area contributed by atoms with Crippen LogP contribution in [0, 0.1) is 10.1 Å². The second kappa shape index (κ2) is 8.54. The highest BCUT2D eigenvalue weighted by atomic mass is 32.2. The molecule has 0 aromatic heterocycles. The van der Waals surface area contributed by atoms with Crippen LogP contribution in [0.4, 0.5) is 5.69 Å². The molecule has 0 bridgehead atoms. The van der Waals surface area contributed by atoms with Gasteiger partial charge in [0.15, 0.2) is 4.90 Å². The van der Waals surface area contributed by atoms with E-state index in [-0.39, 0.29) is 13.0 Å². The van der Waals surface area contributed by atoms with E-state index in [1.54, 1.807) is 37.3 Å². The molecule has 0 spiro atoms. The van der Waals surface area contributed by atoms with Crippen molar-refractivity contribution in [3.63, 3.8) is 0 Å². The summed E-state index contributed by atoms with van der Waals surface area (Å²) >= 11 is 0. The number of para-hydroxylation sites is 1. The minimum atomic E-state index is -4.31. The lowest BCUT2D eigenvalue weighted by Gasteiger charge is -2.17. The molecule has 0 amide bonds. The fourth-order valence-electron chi connectivity index (χ4n) is 2.35. The lowest BCUT2D eigenvalue weighted by Crippen LogP contribution is -2.43. The molecule has 1 N–H and O–H groups in total. The van der Waals surface area contributed by atoms with Crippen molar-refractivity contribution in [3.8, 4) is 0 Å². The van der Waals surface area contributed by atoms with Gasteiger partial charge in [0, 0.05) is 6.07 Å². The number of nitro benzene ring substituents is 1. The van der Waals surface area contributed by atoms with E-state index in [1.807, 2.05) is 0 Å². The number of carbonyl (C=O) groups is 1. The third-order valence-electron chi connectivity index (χ3n) is 3.50. The highest BCUT2D eigenvalue weighted by Gasteiger charge is 2.31. The summed E-state index contributed by atoms with van der Waals surface area (Å²) in [5.41, 5.74) is 0.151. The van der Waals surface area contributed by atoms with Crippen molar-refractivity contribution in [2.75, 3.05) is 6.61 Å². The summed E-state index contributed by atoms with van der Waals surface area (Å²) in [5.74, 6) is -0.751. The molecule has 0 heterocycles. The number of hydrogen-bond donors (Lipinski definition) is 1. The molecule has 1 unspecified atom stereocenters. The third-order valence-corrected chi connectivity index (χ3v) is 5.02. The number of esters is 1. The van der Waals surface area contributed by atoms with E-state index in [9.17, 15) is 23.3 Å². The van der Waals surface area contributed by atoms with Gasteiger partial charge in [0.1, 0.15) is 6.04 Å². The number of benzene rings is 2. The average molecular weight is 378 g/mol. The lowest BCUT2D eigenvalue weighted by atomic mass is 10.1. The second-order valence-electron chi connectivity index (χ2n) is 5.34. The first-order valence-electron chi connectivity index (χ1n) is 7.81. The van der Waals surface area contributed by atoms with Crippen molar-refractivity contribution in [1.82, 2.24) is 4.72 Å². The van der Waals surface area contributed by atoms with Crippen molar-refractivity contribution in [1.29, 1.82) is 0 Å². The molecule has 0 aliphatic heterocycles. The van der Waals surface area contributed by atoms with Crippen molar-refractivity contribution in [2.24, 2.45) is 0 Å². The zero-order valence-corrected chi connectivity index (χ0v) is 14.8. The smallest absolute Gasteiger partial charge is 0.324 e. The molecule has 8 nitrogen and oxygen atoms in total. The maximum atomic E-state index is 12.6. The van der Waals surface area contributed by atoms with Crippen LogP contribution in [0.1, 0.15) is 12.5 Å². The molecular weight excluding hydrogens is 360 g/mol. The molecule has 0 aliphatic rings. The van der Waals surface area contributed by atoms with Crippen LogP contribution in [-0.2, 0) is 26.0 Å². The Bertz CT molecular complexity index is 883. The summed E-state index contributed by atoms with van der Waals surface area (Å²) in [6.07, 6.45) is 0.0551. The highest BCUT2D eigenvalue weighted by Crippen LogP contribution is 2.23. The van der Waals surface area contributed by atoms with Gasteiger partial charge in [-0.05, 0) is 25.0 Å². The summed E-state index contributed by atoms with van der Waals surface area (Å²) in [4.78, 5) is 22.0. The summed E-state index contributed by atoms with van der Waals surface area (Å²) in [5, 5.41) is 11.1. The monoisotopic (exact) mass is 378 g/mol. The van der Waals surface area contributed by atoms with Gasteiger partial charge in [-0.15, -0.1) is 0 Å². The molecule has 0 radical (unpaired) electrons. The number of carbonyl (C=O) groups excluding carboxylic acids is 1. The van der Waals surface area contributed by atoms with E-state index < -0.39 is 37.5 Å². The molecular formula is C17H18N2O6S. The lowest BCUT2D eigenvalue weighted by molar-refractivity contribution is -0.387. The summed E-state index contributed by atoms with van der Waals surface area (Å²) in [6.45, 7) is 1.69. The molecule has 26 heavy (non-hydrogen) atoms. The van der Waals surface area contributed by atoms with E-state index >= 15 is 0 Å². The molecule has 0 fully saturated rings. The van der Waals surface area contributed by atoms with Crippen LogP contribution in [0.25, 0.3) is 0 Å². The summed E-state index contributed by atoms with van der Waals surface area (Å²) in [6, 6.07) is 12.5. The fourth-order valence-corrected chi connectivity index (χ4v) is 3.71. The van der Waals surface area contributed by atoms with Crippen LogP contribution >= 0.6 is 0 Å². The highest BCUT2D eigenvalue weighted by molar-refractivity contribution is 7.89. The fraction of sp³-hybridized carbons (Fsp3) is 0.235. The predicted molar refractivity (Wildman–Crippen MR) is 94.0 cm³/mol. The number of sulfonamides is 1. The normalized spacial score (nSPS) is 12.3. The maximum absolute atomic E-state index is 12.6. The Hall–Kier alpha value is -2.78. The Balaban J connectivity index is 2.34. The van der Waals surface area contributed by atoms with E-state index in [4.69, 9.17) is 4.74 Å². The van der Waals surface area contributed by atoms with Crippen LogP contribution in [0.15, 0.2) is 59.5 Å². The van der Waals surface area contributed by atoms with Gasteiger partial charge in [0.05, 0.1) is 11.5 Å². The van der Waals surface area contributed by atoms with Crippen LogP contribution < -0.4 is 4.72 Å². The Morgan fingerprint density at radius 3 is 2.38 bits per heavy atom. The minimum absolute atomic E-state index is 0.0551. The number of nitrogens with one attached hydrogen (secondary N) is 1. The van der Waals surface area contributed by atoms with Crippen LogP contribution in [0.5, 0.6) is 0 Å². The average Bonchev–Trinajstić information content (AvgIpc) is 2.62. The van der Waals surface area contributed by atoms with Crippen LogP contribution in [0.3, 0.4) is 0 Å². The molecule has 138 valence electrons. The molecule has 2 rings (SSSR count). The van der Waals surface area contributed by atoms with E-state index in [1.165, 1.54) is 12.1 Å². The van der Waals surface area contributed by atoms with Crippen molar-refractivity contribution in [3.05, 3.63) is 70.3 Å². The molecule has 1 atom stereocenters. The number of nitrogens with zero attached hydrogens (tertiary/aromatic N) is 1. The van der Waals surface area contributed by atoms with Crippen molar-refractivity contribution < 1.29 is 22.9 Å². The number of ether oxygens (including phenoxy) is 1. The largest absolute Gasteiger partial charge is 0.465 e. The molecule has 2 aromatic rings. The Morgan fingerprint density at radius 1 is 1.15 bits per heavy atom. The van der Waals surface area contributed by atoms with E-state index in [2.05, 4.69) is 4.72 Å². The van der Waals surface area contributed by atoms with Gasteiger partial charge in [-0.1, -0.05) is 42.5 Å². The zero-order chi connectivity index (χ0) is 19.2. The molecule has 9 heteroatoms. The summed E-state index contributed by atoms with van der Waals surface area (Å²) < 4.78 is 32.5. The SMILES string of the molecule is CCOC(=O)C(Cc1ccccc1)NS(=O)(=O)c1ccccc1[N+](=O)[O-]. The van der Waals surface area contributed by atoms with E-state index in [0.29, 0.717) is 0 Å². The molecule has 0 saturated heterocycles.